The molecule has 31 heavy (non-hydrogen) atoms. The first-order valence-electron chi connectivity index (χ1n) is 10.8. The highest BCUT2D eigenvalue weighted by Gasteiger charge is 2.31. The summed E-state index contributed by atoms with van der Waals surface area (Å²) in [6.07, 6.45) is 3.92. The number of amides is 2. The molecule has 3 rings (SSSR count). The fourth-order valence-corrected chi connectivity index (χ4v) is 5.78. The molecule has 0 heterocycles. The lowest BCUT2D eigenvalue weighted by molar-refractivity contribution is -0.119. The lowest BCUT2D eigenvalue weighted by atomic mass is 9.97. The van der Waals surface area contributed by atoms with Crippen LogP contribution in [0, 0.1) is 5.92 Å². The monoisotopic (exact) mass is 442 g/mol. The molecule has 1 saturated carbocycles. The minimum Gasteiger partial charge on any atom is -0.340 e. The van der Waals surface area contributed by atoms with Gasteiger partial charge in [-0.15, -0.1) is 0 Å². The van der Waals surface area contributed by atoms with Crippen molar-refractivity contribution in [3.63, 3.8) is 0 Å². The van der Waals surface area contributed by atoms with Gasteiger partial charge in [0.25, 0.3) is 5.91 Å². The van der Waals surface area contributed by atoms with Crippen molar-refractivity contribution in [2.45, 2.75) is 62.1 Å². The van der Waals surface area contributed by atoms with E-state index >= 15 is 0 Å². The predicted octanol–water partition coefficient (Wildman–Crippen LogP) is 4.19. The minimum atomic E-state index is -3.41. The number of nitrogens with one attached hydrogen (secondary N) is 2. The molecule has 2 aromatic rings. The number of benzene rings is 2. The first-order chi connectivity index (χ1) is 14.8. The quantitative estimate of drug-likeness (QED) is 0.641. The van der Waals surface area contributed by atoms with Gasteiger partial charge in [-0.1, -0.05) is 57.4 Å². The molecule has 1 aliphatic rings. The maximum atomic E-state index is 13.0. The molecular weight excluding hydrogens is 412 g/mol. The number of anilines is 1. The van der Waals surface area contributed by atoms with E-state index < -0.39 is 15.9 Å². The molecule has 0 spiro atoms. The van der Waals surface area contributed by atoms with E-state index in [0.29, 0.717) is 30.5 Å². The van der Waals surface area contributed by atoms with Crippen LogP contribution < -0.4 is 10.6 Å². The molecule has 0 bridgehead atoms. The first-order valence-corrected chi connectivity index (χ1v) is 12.4. The van der Waals surface area contributed by atoms with Gasteiger partial charge >= 0.3 is 0 Å². The van der Waals surface area contributed by atoms with Crippen LogP contribution in [0.25, 0.3) is 0 Å². The van der Waals surface area contributed by atoms with Gasteiger partial charge in [-0.05, 0) is 49.1 Å². The largest absolute Gasteiger partial charge is 0.340 e. The Morgan fingerprint density at radius 1 is 1.03 bits per heavy atom. The zero-order chi connectivity index (χ0) is 22.4. The second-order valence-electron chi connectivity index (χ2n) is 8.17. The third-order valence-corrected chi connectivity index (χ3v) is 8.25. The van der Waals surface area contributed by atoms with Crippen molar-refractivity contribution < 1.29 is 18.0 Å². The molecule has 2 atom stereocenters. The Hall–Kier alpha value is -2.67. The molecule has 0 radical (unpaired) electrons. The zero-order valence-electron chi connectivity index (χ0n) is 18.0. The summed E-state index contributed by atoms with van der Waals surface area (Å²) in [4.78, 5) is 25.8. The second-order valence-corrected chi connectivity index (χ2v) is 10.4. The highest BCUT2D eigenvalue weighted by Crippen LogP contribution is 2.30. The van der Waals surface area contributed by atoms with Crippen LogP contribution in [0.2, 0.25) is 0 Å². The number of rotatable bonds is 8. The normalized spacial score (nSPS) is 16.5. The van der Waals surface area contributed by atoms with Crippen molar-refractivity contribution in [2.75, 3.05) is 5.32 Å². The van der Waals surface area contributed by atoms with Crippen molar-refractivity contribution in [1.82, 2.24) is 5.32 Å². The van der Waals surface area contributed by atoms with Crippen molar-refractivity contribution in [1.29, 1.82) is 0 Å². The van der Waals surface area contributed by atoms with E-state index in [-0.39, 0.29) is 27.9 Å². The first kappa shape index (κ1) is 23.0. The van der Waals surface area contributed by atoms with Gasteiger partial charge < -0.3 is 10.6 Å². The van der Waals surface area contributed by atoms with Crippen molar-refractivity contribution in [3.8, 4) is 0 Å². The SMILES string of the molecule is CCC(C)C(NC(=O)c1ccccc1)C(=O)Nc1cccc(S(=O)(=O)C2CCCC2)c1. The molecule has 2 unspecified atom stereocenters. The number of sulfone groups is 1. The van der Waals surface area contributed by atoms with E-state index in [1.54, 1.807) is 42.5 Å². The lowest BCUT2D eigenvalue weighted by Gasteiger charge is -2.24. The van der Waals surface area contributed by atoms with Gasteiger partial charge in [0.2, 0.25) is 5.91 Å². The van der Waals surface area contributed by atoms with Gasteiger partial charge in [0, 0.05) is 11.3 Å². The van der Waals surface area contributed by atoms with E-state index in [1.165, 1.54) is 6.07 Å². The average Bonchev–Trinajstić information content (AvgIpc) is 3.33. The Labute approximate surface area is 184 Å². The summed E-state index contributed by atoms with van der Waals surface area (Å²) < 4.78 is 25.8. The molecule has 2 amide bonds. The van der Waals surface area contributed by atoms with Gasteiger partial charge in [0.15, 0.2) is 9.84 Å². The van der Waals surface area contributed by atoms with Crippen LogP contribution in [-0.4, -0.2) is 31.5 Å². The summed E-state index contributed by atoms with van der Waals surface area (Å²) in [5.74, 6) is -0.786. The van der Waals surface area contributed by atoms with Gasteiger partial charge in [0.1, 0.15) is 6.04 Å². The summed E-state index contributed by atoms with van der Waals surface area (Å²) in [5.41, 5.74) is 0.889. The molecule has 0 aliphatic heterocycles. The van der Waals surface area contributed by atoms with Gasteiger partial charge in [0.05, 0.1) is 10.1 Å². The van der Waals surface area contributed by atoms with Crippen LogP contribution in [0.15, 0.2) is 59.5 Å². The molecule has 1 aliphatic carbocycles. The van der Waals surface area contributed by atoms with Gasteiger partial charge in [-0.25, -0.2) is 8.42 Å². The summed E-state index contributed by atoms with van der Waals surface area (Å²) in [5, 5.41) is 5.27. The zero-order valence-corrected chi connectivity index (χ0v) is 18.8. The Bertz CT molecular complexity index is 1010. The summed E-state index contributed by atoms with van der Waals surface area (Å²) in [6, 6.07) is 14.4. The molecule has 2 N–H and O–H groups in total. The van der Waals surface area contributed by atoms with E-state index in [9.17, 15) is 18.0 Å². The van der Waals surface area contributed by atoms with Gasteiger partial charge in [-0.3, -0.25) is 9.59 Å². The maximum Gasteiger partial charge on any atom is 0.251 e. The molecule has 1 fully saturated rings. The fourth-order valence-electron chi connectivity index (χ4n) is 3.88. The van der Waals surface area contributed by atoms with E-state index in [1.807, 2.05) is 19.9 Å². The standard InChI is InChI=1S/C24H30N2O4S/c1-3-17(2)22(26-23(27)18-10-5-4-6-11-18)24(28)25-19-12-9-15-21(16-19)31(29,30)20-13-7-8-14-20/h4-6,9-12,15-17,20,22H,3,7-8,13-14H2,1-2H3,(H,25,28)(H,26,27). The van der Waals surface area contributed by atoms with Crippen LogP contribution in [0.4, 0.5) is 5.69 Å². The number of hydrogen-bond acceptors (Lipinski definition) is 4. The van der Waals surface area contributed by atoms with Crippen LogP contribution in [0.3, 0.4) is 0 Å². The number of hydrogen-bond donors (Lipinski definition) is 2. The van der Waals surface area contributed by atoms with Crippen LogP contribution in [-0.2, 0) is 14.6 Å². The Kier molecular flexibility index (Phi) is 7.49. The Balaban J connectivity index is 1.76. The molecular formula is C24H30N2O4S. The van der Waals surface area contributed by atoms with E-state index in [0.717, 1.165) is 12.8 Å². The number of carbonyl (C=O) groups excluding carboxylic acids is 2. The summed E-state index contributed by atoms with van der Waals surface area (Å²) in [6.45, 7) is 3.85. The molecule has 0 saturated heterocycles. The fraction of sp³-hybridized carbons (Fsp3) is 0.417. The molecule has 2 aromatic carbocycles. The molecule has 7 heteroatoms. The highest BCUT2D eigenvalue weighted by molar-refractivity contribution is 7.92. The minimum absolute atomic E-state index is 0.0990. The van der Waals surface area contributed by atoms with E-state index in [2.05, 4.69) is 10.6 Å². The predicted molar refractivity (Wildman–Crippen MR) is 122 cm³/mol. The van der Waals surface area contributed by atoms with Crippen LogP contribution in [0.5, 0.6) is 0 Å². The smallest absolute Gasteiger partial charge is 0.251 e. The number of carbonyl (C=O) groups is 2. The third kappa shape index (κ3) is 5.53. The topological polar surface area (TPSA) is 92.3 Å². The van der Waals surface area contributed by atoms with Crippen LogP contribution in [0.1, 0.15) is 56.3 Å². The Morgan fingerprint density at radius 2 is 1.71 bits per heavy atom. The summed E-state index contributed by atoms with van der Waals surface area (Å²) >= 11 is 0. The third-order valence-electron chi connectivity index (χ3n) is 5.99. The Morgan fingerprint density at radius 3 is 2.35 bits per heavy atom. The molecule has 6 nitrogen and oxygen atoms in total. The van der Waals surface area contributed by atoms with Crippen molar-refractivity contribution >= 4 is 27.3 Å². The average molecular weight is 443 g/mol. The molecule has 0 aromatic heterocycles. The lowest BCUT2D eigenvalue weighted by Crippen LogP contribution is -2.47. The second kappa shape index (κ2) is 10.1. The van der Waals surface area contributed by atoms with E-state index in [4.69, 9.17) is 0 Å². The van der Waals surface area contributed by atoms with Crippen LogP contribution >= 0.6 is 0 Å². The summed E-state index contributed by atoms with van der Waals surface area (Å²) in [7, 11) is -3.41. The molecule has 166 valence electrons. The maximum absolute atomic E-state index is 13.0. The van der Waals surface area contributed by atoms with Gasteiger partial charge in [-0.2, -0.15) is 0 Å². The van der Waals surface area contributed by atoms with Crippen molar-refractivity contribution in [2.24, 2.45) is 5.92 Å². The van der Waals surface area contributed by atoms with Crippen molar-refractivity contribution in [3.05, 3.63) is 60.2 Å². The highest BCUT2D eigenvalue weighted by atomic mass is 32.2.